The molecule has 2 aliphatic rings. The maximum atomic E-state index is 15.5. The van der Waals surface area contributed by atoms with Gasteiger partial charge in [0.05, 0.1) is 35.1 Å². The van der Waals surface area contributed by atoms with E-state index in [1.165, 1.54) is 29.9 Å². The van der Waals surface area contributed by atoms with Crippen LogP contribution in [0.4, 0.5) is 10.2 Å². The summed E-state index contributed by atoms with van der Waals surface area (Å²) in [7, 11) is 1.29. The molecule has 0 spiro atoms. The SMILES string of the molecule is COC(=O)c1ccc(F)c(-c2nc3c(cc2C2CC2)c(N2CCNC[C@@H]2C)nc(=O)n3-c2c(C)ccnc2C(C)C)c1. The topological polar surface area (TPSA) is 102 Å². The van der Waals surface area contributed by atoms with Crippen LogP contribution in [-0.2, 0) is 4.74 Å². The van der Waals surface area contributed by atoms with Crippen molar-refractivity contribution in [2.24, 2.45) is 0 Å². The normalized spacial score (nSPS) is 17.2. The maximum absolute atomic E-state index is 15.5. The summed E-state index contributed by atoms with van der Waals surface area (Å²) < 4.78 is 22.0. The number of hydrogen-bond acceptors (Lipinski definition) is 8. The summed E-state index contributed by atoms with van der Waals surface area (Å²) in [4.78, 5) is 43.0. The molecule has 9 nitrogen and oxygen atoms in total. The Hall–Kier alpha value is -4.18. The number of ether oxygens (including phenoxy) is 1. The van der Waals surface area contributed by atoms with E-state index in [-0.39, 0.29) is 29.0 Å². The monoisotopic (exact) mass is 570 g/mol. The zero-order valence-electron chi connectivity index (χ0n) is 24.6. The van der Waals surface area contributed by atoms with Gasteiger partial charge in [-0.25, -0.2) is 23.5 Å². The molecule has 0 radical (unpaired) electrons. The highest BCUT2D eigenvalue weighted by Crippen LogP contribution is 2.46. The van der Waals surface area contributed by atoms with E-state index in [0.29, 0.717) is 29.4 Å². The van der Waals surface area contributed by atoms with Gasteiger partial charge in [-0.1, -0.05) is 13.8 Å². The van der Waals surface area contributed by atoms with Gasteiger partial charge < -0.3 is 15.0 Å². The second-order valence-electron chi connectivity index (χ2n) is 11.6. The Kier molecular flexibility index (Phi) is 7.26. The van der Waals surface area contributed by atoms with Crippen LogP contribution >= 0.6 is 0 Å². The first-order chi connectivity index (χ1) is 20.2. The minimum Gasteiger partial charge on any atom is -0.465 e. The Balaban J connectivity index is 1.73. The van der Waals surface area contributed by atoms with Crippen LogP contribution in [0.5, 0.6) is 0 Å². The van der Waals surface area contributed by atoms with Crippen LogP contribution in [0.1, 0.15) is 72.6 Å². The fourth-order valence-corrected chi connectivity index (χ4v) is 5.88. The molecular weight excluding hydrogens is 535 g/mol. The smallest absolute Gasteiger partial charge is 0.355 e. The van der Waals surface area contributed by atoms with Gasteiger partial charge >= 0.3 is 11.7 Å². The number of carbonyl (C=O) groups excluding carboxylic acids is 1. The third-order valence-corrected chi connectivity index (χ3v) is 8.24. The number of hydrogen-bond donors (Lipinski definition) is 1. The molecule has 2 fully saturated rings. The molecule has 3 aromatic heterocycles. The molecule has 1 saturated heterocycles. The Morgan fingerprint density at radius 2 is 1.95 bits per heavy atom. The number of nitrogens with zero attached hydrogens (tertiary/aromatic N) is 5. The van der Waals surface area contributed by atoms with Crippen molar-refractivity contribution in [1.82, 2.24) is 24.8 Å². The van der Waals surface area contributed by atoms with Crippen LogP contribution in [0.2, 0.25) is 0 Å². The lowest BCUT2D eigenvalue weighted by atomic mass is 9.98. The van der Waals surface area contributed by atoms with Gasteiger partial charge in [0.15, 0.2) is 5.65 Å². The van der Waals surface area contributed by atoms with E-state index in [2.05, 4.69) is 27.1 Å². The summed E-state index contributed by atoms with van der Waals surface area (Å²) in [5.74, 6) is -0.269. The Morgan fingerprint density at radius 1 is 1.17 bits per heavy atom. The first-order valence-electron chi connectivity index (χ1n) is 14.5. The van der Waals surface area contributed by atoms with Crippen LogP contribution < -0.4 is 15.9 Å². The summed E-state index contributed by atoms with van der Waals surface area (Å²) in [5.41, 5.74) is 3.88. The molecule has 42 heavy (non-hydrogen) atoms. The van der Waals surface area contributed by atoms with Crippen LogP contribution in [-0.4, -0.2) is 58.3 Å². The number of benzene rings is 1. The van der Waals surface area contributed by atoms with Gasteiger partial charge in [0.1, 0.15) is 11.6 Å². The van der Waals surface area contributed by atoms with Crippen molar-refractivity contribution in [3.8, 4) is 16.9 Å². The Bertz CT molecular complexity index is 1760. The van der Waals surface area contributed by atoms with Crippen molar-refractivity contribution in [1.29, 1.82) is 0 Å². The minimum absolute atomic E-state index is 0.0223. The highest BCUT2D eigenvalue weighted by atomic mass is 19.1. The molecule has 1 aliphatic carbocycles. The lowest BCUT2D eigenvalue weighted by molar-refractivity contribution is 0.0600. The van der Waals surface area contributed by atoms with E-state index >= 15 is 4.39 Å². The lowest BCUT2D eigenvalue weighted by Gasteiger charge is -2.35. The Labute approximate surface area is 243 Å². The van der Waals surface area contributed by atoms with E-state index in [9.17, 15) is 9.59 Å². The molecule has 6 rings (SSSR count). The van der Waals surface area contributed by atoms with E-state index in [1.54, 1.807) is 6.20 Å². The van der Waals surface area contributed by atoms with Crippen LogP contribution in [0.25, 0.3) is 28.0 Å². The fourth-order valence-electron chi connectivity index (χ4n) is 5.88. The molecule has 1 atom stereocenters. The number of carbonyl (C=O) groups is 1. The molecule has 4 heterocycles. The van der Waals surface area contributed by atoms with Crippen molar-refractivity contribution < 1.29 is 13.9 Å². The average Bonchev–Trinajstić information content (AvgIpc) is 3.82. The first kappa shape index (κ1) is 28.0. The Morgan fingerprint density at radius 3 is 2.64 bits per heavy atom. The van der Waals surface area contributed by atoms with Crippen molar-refractivity contribution in [3.05, 3.63) is 75.2 Å². The van der Waals surface area contributed by atoms with E-state index in [0.717, 1.165) is 48.1 Å². The number of esters is 1. The molecule has 0 unspecified atom stereocenters. The van der Waals surface area contributed by atoms with Gasteiger partial charge in [-0.15, -0.1) is 0 Å². The first-order valence-corrected chi connectivity index (χ1v) is 14.5. The lowest BCUT2D eigenvalue weighted by Crippen LogP contribution is -2.50. The quantitative estimate of drug-likeness (QED) is 0.328. The predicted octanol–water partition coefficient (Wildman–Crippen LogP) is 4.88. The molecule has 1 N–H and O–H groups in total. The molecule has 10 heteroatoms. The highest BCUT2D eigenvalue weighted by molar-refractivity contribution is 5.94. The summed E-state index contributed by atoms with van der Waals surface area (Å²) in [6.07, 6.45) is 3.64. The van der Waals surface area contributed by atoms with E-state index in [4.69, 9.17) is 9.72 Å². The fraction of sp³-hybridized carbons (Fsp3) is 0.406. The van der Waals surface area contributed by atoms with E-state index in [1.807, 2.05) is 32.9 Å². The third-order valence-electron chi connectivity index (χ3n) is 8.24. The van der Waals surface area contributed by atoms with Gasteiger partial charge in [0.25, 0.3) is 0 Å². The predicted molar refractivity (Wildman–Crippen MR) is 160 cm³/mol. The molecule has 218 valence electrons. The molecule has 0 bridgehead atoms. The number of aryl methyl sites for hydroxylation is 1. The largest absolute Gasteiger partial charge is 0.465 e. The zero-order chi connectivity index (χ0) is 29.7. The number of anilines is 1. The maximum Gasteiger partial charge on any atom is 0.355 e. The van der Waals surface area contributed by atoms with Gasteiger partial charge in [0, 0.05) is 37.4 Å². The summed E-state index contributed by atoms with van der Waals surface area (Å²) in [6, 6.07) is 8.16. The van der Waals surface area contributed by atoms with Crippen molar-refractivity contribution in [3.63, 3.8) is 0 Å². The number of fused-ring (bicyclic) bond motifs is 1. The number of halogens is 1. The standard InChI is InChI=1S/C32H35FN6O3/c1-17(2)26-28(18(3)10-11-35-26)39-30-24(29(37-32(39)41)38-13-12-34-16-19(38)4)15-22(20-6-7-20)27(36-30)23-14-21(31(40)42-5)8-9-25(23)33/h8-11,14-15,17,19-20,34H,6-7,12-13,16H2,1-5H3/t19-/m0/s1. The minimum atomic E-state index is -0.561. The highest BCUT2D eigenvalue weighted by Gasteiger charge is 2.32. The molecular formula is C32H35FN6O3. The molecule has 4 aromatic rings. The second kappa shape index (κ2) is 10.9. The zero-order valence-corrected chi connectivity index (χ0v) is 24.6. The van der Waals surface area contributed by atoms with Crippen LogP contribution in [0, 0.1) is 12.7 Å². The van der Waals surface area contributed by atoms with Crippen molar-refractivity contribution in [2.75, 3.05) is 31.6 Å². The molecule has 0 amide bonds. The summed E-state index contributed by atoms with van der Waals surface area (Å²) >= 11 is 0. The number of rotatable bonds is 6. The van der Waals surface area contributed by atoms with Crippen LogP contribution in [0.3, 0.4) is 0 Å². The number of nitrogens with one attached hydrogen (secondary N) is 1. The molecule has 1 saturated carbocycles. The van der Waals surface area contributed by atoms with E-state index < -0.39 is 17.5 Å². The number of pyridine rings is 2. The molecule has 1 aliphatic heterocycles. The second-order valence-corrected chi connectivity index (χ2v) is 11.6. The van der Waals surface area contributed by atoms with Gasteiger partial charge in [0.2, 0.25) is 0 Å². The van der Waals surface area contributed by atoms with Crippen LogP contribution in [0.15, 0.2) is 41.3 Å². The van der Waals surface area contributed by atoms with Gasteiger partial charge in [-0.2, -0.15) is 4.98 Å². The van der Waals surface area contributed by atoms with Crippen molar-refractivity contribution >= 4 is 22.8 Å². The number of aromatic nitrogens is 4. The third kappa shape index (κ3) is 4.83. The van der Waals surface area contributed by atoms with Gasteiger partial charge in [-0.05, 0) is 80.0 Å². The molecule has 1 aromatic carbocycles. The van der Waals surface area contributed by atoms with Crippen molar-refractivity contribution in [2.45, 2.75) is 58.4 Å². The summed E-state index contributed by atoms with van der Waals surface area (Å²) in [5, 5.41) is 4.13. The average molecular weight is 571 g/mol. The van der Waals surface area contributed by atoms with Gasteiger partial charge in [-0.3, -0.25) is 4.98 Å². The summed E-state index contributed by atoms with van der Waals surface area (Å²) in [6.45, 7) is 10.3. The number of piperazine rings is 1. The number of methoxy groups -OCH3 is 1.